The van der Waals surface area contributed by atoms with E-state index in [9.17, 15) is 14.0 Å². The third-order valence-electron chi connectivity index (χ3n) is 6.40. The molecule has 2 aliphatic rings. The molecule has 1 aromatic rings. The molecule has 0 aromatic heterocycles. The Bertz CT molecular complexity index is 836. The quantitative estimate of drug-likeness (QED) is 0.759. The fraction of sp³-hybridized carbons (Fsp3) is 0.636. The summed E-state index contributed by atoms with van der Waals surface area (Å²) in [5.74, 6) is -1.00. The van der Waals surface area contributed by atoms with Gasteiger partial charge in [-0.05, 0) is 43.5 Å². The first kappa shape index (κ1) is 21.6. The molecular formula is C22H33FN4O2. The van der Waals surface area contributed by atoms with Gasteiger partial charge in [-0.3, -0.25) is 14.5 Å². The molecule has 160 valence electrons. The van der Waals surface area contributed by atoms with E-state index in [1.807, 2.05) is 25.8 Å². The van der Waals surface area contributed by atoms with Crippen LogP contribution >= 0.6 is 0 Å². The average molecular weight is 405 g/mol. The van der Waals surface area contributed by atoms with Gasteiger partial charge in [0.1, 0.15) is 5.82 Å². The Morgan fingerprint density at radius 1 is 1.21 bits per heavy atom. The van der Waals surface area contributed by atoms with Crippen molar-refractivity contribution in [2.45, 2.75) is 53.1 Å². The topological polar surface area (TPSA) is 78.7 Å². The molecule has 29 heavy (non-hydrogen) atoms. The van der Waals surface area contributed by atoms with Gasteiger partial charge in [0.2, 0.25) is 5.91 Å². The number of carbonyl (C=O) groups is 2. The maximum atomic E-state index is 14.3. The standard InChI is InChI=1S/C22H33FN4O2/c1-13-7-14(15(23)8-16(13)24)19(28)25-18-10-27(12-22(18,4)5)20(29)17-9-21(2,3)11-26(17)6/h7-8,17-18H,9-12,24H2,1-6H3,(H,25,28). The van der Waals surface area contributed by atoms with Crippen LogP contribution in [0.15, 0.2) is 12.1 Å². The number of nitrogens with zero attached hydrogens (tertiary/aromatic N) is 2. The summed E-state index contributed by atoms with van der Waals surface area (Å²) in [5, 5.41) is 2.95. The Hall–Kier alpha value is -2.15. The molecule has 1 aromatic carbocycles. The van der Waals surface area contributed by atoms with Crippen molar-refractivity contribution in [3.05, 3.63) is 29.1 Å². The molecule has 2 saturated heterocycles. The van der Waals surface area contributed by atoms with Crippen LogP contribution in [-0.4, -0.2) is 60.4 Å². The third-order valence-corrected chi connectivity index (χ3v) is 6.40. The van der Waals surface area contributed by atoms with E-state index in [0.717, 1.165) is 13.0 Å². The summed E-state index contributed by atoms with van der Waals surface area (Å²) in [6.07, 6.45) is 0.826. The minimum absolute atomic E-state index is 0.0189. The van der Waals surface area contributed by atoms with Crippen molar-refractivity contribution in [3.63, 3.8) is 0 Å². The second-order valence-electron chi connectivity index (χ2n) is 10.2. The number of nitrogens with one attached hydrogen (secondary N) is 1. The van der Waals surface area contributed by atoms with Gasteiger partial charge in [0, 0.05) is 30.7 Å². The van der Waals surface area contributed by atoms with Gasteiger partial charge >= 0.3 is 0 Å². The zero-order valence-electron chi connectivity index (χ0n) is 18.3. The number of nitrogens with two attached hydrogens (primary N) is 1. The van der Waals surface area contributed by atoms with E-state index in [4.69, 9.17) is 5.73 Å². The zero-order chi connectivity index (χ0) is 21.7. The number of benzene rings is 1. The molecule has 2 unspecified atom stereocenters. The van der Waals surface area contributed by atoms with Gasteiger partial charge < -0.3 is 16.0 Å². The van der Waals surface area contributed by atoms with Gasteiger partial charge in [0.25, 0.3) is 5.91 Å². The number of anilines is 1. The van der Waals surface area contributed by atoms with E-state index >= 15 is 0 Å². The van der Waals surface area contributed by atoms with E-state index in [1.54, 1.807) is 6.92 Å². The minimum atomic E-state index is -0.635. The molecule has 2 aliphatic heterocycles. The van der Waals surface area contributed by atoms with Gasteiger partial charge in [-0.2, -0.15) is 0 Å². The smallest absolute Gasteiger partial charge is 0.254 e. The number of nitrogen functional groups attached to an aromatic ring is 1. The maximum Gasteiger partial charge on any atom is 0.254 e. The number of likely N-dealkylation sites (tertiary alicyclic amines) is 2. The lowest BCUT2D eigenvalue weighted by Gasteiger charge is -2.26. The van der Waals surface area contributed by atoms with E-state index < -0.39 is 11.7 Å². The molecule has 2 heterocycles. The highest BCUT2D eigenvalue weighted by molar-refractivity contribution is 5.95. The summed E-state index contributed by atoms with van der Waals surface area (Å²) in [4.78, 5) is 29.9. The van der Waals surface area contributed by atoms with E-state index in [0.29, 0.717) is 24.3 Å². The summed E-state index contributed by atoms with van der Waals surface area (Å²) in [5.41, 5.74) is 6.48. The number of carbonyl (C=O) groups excluding carboxylic acids is 2. The largest absolute Gasteiger partial charge is 0.398 e. The molecule has 0 bridgehead atoms. The van der Waals surface area contributed by atoms with Crippen molar-refractivity contribution in [3.8, 4) is 0 Å². The SMILES string of the molecule is Cc1cc(C(=O)NC2CN(C(=O)C3CC(C)(C)CN3C)CC2(C)C)c(F)cc1N. The molecular weight excluding hydrogens is 371 g/mol. The summed E-state index contributed by atoms with van der Waals surface area (Å²) in [6.45, 7) is 12.0. The zero-order valence-corrected chi connectivity index (χ0v) is 18.3. The summed E-state index contributed by atoms with van der Waals surface area (Å²) in [7, 11) is 1.99. The molecule has 3 N–H and O–H groups in total. The highest BCUT2D eigenvalue weighted by Gasteiger charge is 2.47. The Balaban J connectivity index is 1.72. The molecule has 2 fully saturated rings. The predicted molar refractivity (Wildman–Crippen MR) is 112 cm³/mol. The Labute approximate surface area is 172 Å². The highest BCUT2D eigenvalue weighted by atomic mass is 19.1. The highest BCUT2D eigenvalue weighted by Crippen LogP contribution is 2.36. The average Bonchev–Trinajstić information content (AvgIpc) is 3.04. The van der Waals surface area contributed by atoms with Gasteiger partial charge in [0.05, 0.1) is 17.6 Å². The fourth-order valence-electron chi connectivity index (χ4n) is 4.67. The molecule has 2 atom stereocenters. The molecule has 7 heteroatoms. The molecule has 2 amide bonds. The van der Waals surface area contributed by atoms with E-state index in [1.165, 1.54) is 12.1 Å². The van der Waals surface area contributed by atoms with Crippen LogP contribution in [0, 0.1) is 23.6 Å². The van der Waals surface area contributed by atoms with Crippen LogP contribution in [0.3, 0.4) is 0 Å². The lowest BCUT2D eigenvalue weighted by molar-refractivity contribution is -0.134. The van der Waals surface area contributed by atoms with Crippen molar-refractivity contribution >= 4 is 17.5 Å². The monoisotopic (exact) mass is 404 g/mol. The van der Waals surface area contributed by atoms with E-state index in [2.05, 4.69) is 24.1 Å². The number of hydrogen-bond acceptors (Lipinski definition) is 4. The third kappa shape index (κ3) is 4.25. The van der Waals surface area contributed by atoms with Gasteiger partial charge in [-0.25, -0.2) is 4.39 Å². The summed E-state index contributed by atoms with van der Waals surface area (Å²) < 4.78 is 14.3. The molecule has 6 nitrogen and oxygen atoms in total. The molecule has 0 radical (unpaired) electrons. The van der Waals surface area contributed by atoms with Gasteiger partial charge in [-0.15, -0.1) is 0 Å². The van der Waals surface area contributed by atoms with Crippen LogP contribution in [0.2, 0.25) is 0 Å². The molecule has 3 rings (SSSR count). The first-order valence-corrected chi connectivity index (χ1v) is 10.2. The Kier molecular flexibility index (Phi) is 5.41. The lowest BCUT2D eigenvalue weighted by atomic mass is 9.87. The van der Waals surface area contributed by atoms with Gasteiger partial charge in [0.15, 0.2) is 0 Å². The lowest BCUT2D eigenvalue weighted by Crippen LogP contribution is -2.46. The van der Waals surface area contributed by atoms with Crippen LogP contribution in [-0.2, 0) is 4.79 Å². The number of aryl methyl sites for hydroxylation is 1. The minimum Gasteiger partial charge on any atom is -0.398 e. The van der Waals surface area contributed by atoms with Gasteiger partial charge in [-0.1, -0.05) is 27.7 Å². The number of halogens is 1. The first-order valence-electron chi connectivity index (χ1n) is 10.2. The summed E-state index contributed by atoms with van der Waals surface area (Å²) >= 11 is 0. The van der Waals surface area contributed by atoms with Crippen molar-refractivity contribution < 1.29 is 14.0 Å². The molecule has 0 aliphatic carbocycles. The fourth-order valence-corrected chi connectivity index (χ4v) is 4.67. The predicted octanol–water partition coefficient (Wildman–Crippen LogP) is 2.41. The normalized spacial score (nSPS) is 26.0. The Morgan fingerprint density at radius 3 is 2.45 bits per heavy atom. The second-order valence-corrected chi connectivity index (χ2v) is 10.2. The maximum absolute atomic E-state index is 14.3. The number of hydrogen-bond donors (Lipinski definition) is 2. The van der Waals surface area contributed by atoms with E-state index in [-0.39, 0.29) is 34.4 Å². The number of likely N-dealkylation sites (N-methyl/N-ethyl adjacent to an activating group) is 1. The van der Waals surface area contributed by atoms with Crippen LogP contribution < -0.4 is 11.1 Å². The van der Waals surface area contributed by atoms with Crippen LogP contribution in [0.5, 0.6) is 0 Å². The second kappa shape index (κ2) is 7.27. The number of amides is 2. The van der Waals surface area contributed by atoms with Crippen LogP contribution in [0.1, 0.15) is 50.0 Å². The summed E-state index contributed by atoms with van der Waals surface area (Å²) in [6, 6.07) is 2.27. The van der Waals surface area contributed by atoms with Crippen LogP contribution in [0.25, 0.3) is 0 Å². The first-order chi connectivity index (χ1) is 13.3. The van der Waals surface area contributed by atoms with Crippen molar-refractivity contribution in [2.75, 3.05) is 32.4 Å². The Morgan fingerprint density at radius 2 is 1.86 bits per heavy atom. The van der Waals surface area contributed by atoms with Crippen LogP contribution in [0.4, 0.5) is 10.1 Å². The molecule has 0 spiro atoms. The van der Waals surface area contributed by atoms with Crippen molar-refractivity contribution in [1.82, 2.24) is 15.1 Å². The number of rotatable bonds is 3. The van der Waals surface area contributed by atoms with Crippen molar-refractivity contribution in [2.24, 2.45) is 10.8 Å². The van der Waals surface area contributed by atoms with Crippen molar-refractivity contribution in [1.29, 1.82) is 0 Å². The molecule has 0 saturated carbocycles.